The molecule has 0 amide bonds. The summed E-state index contributed by atoms with van der Waals surface area (Å²) in [4.78, 5) is 17.0. The van der Waals surface area contributed by atoms with Crippen LogP contribution in [0.25, 0.3) is 6.08 Å². The second kappa shape index (κ2) is 10.4. The first-order valence-electron chi connectivity index (χ1n) is 9.09. The van der Waals surface area contributed by atoms with Crippen LogP contribution in [0.4, 0.5) is 0 Å². The molecule has 3 rings (SSSR count). The average molecular weight is 474 g/mol. The zero-order chi connectivity index (χ0) is 22.3. The third-order valence-electron chi connectivity index (χ3n) is 4.20. The molecule has 5 nitrogen and oxygen atoms in total. The van der Waals surface area contributed by atoms with E-state index in [-0.39, 0.29) is 10.5 Å². The van der Waals surface area contributed by atoms with Crippen LogP contribution in [-0.4, -0.2) is 25.9 Å². The van der Waals surface area contributed by atoms with E-state index in [9.17, 15) is 13.2 Å². The van der Waals surface area contributed by atoms with E-state index < -0.39 is 21.1 Å². The lowest BCUT2D eigenvalue weighted by Gasteiger charge is -2.10. The molecule has 0 fully saturated rings. The van der Waals surface area contributed by atoms with E-state index in [1.165, 1.54) is 54.6 Å². The zero-order valence-electron chi connectivity index (χ0n) is 16.1. The monoisotopic (exact) mass is 473 g/mol. The maximum atomic E-state index is 13.1. The van der Waals surface area contributed by atoms with E-state index in [1.807, 2.05) is 30.3 Å². The highest BCUT2D eigenvalue weighted by molar-refractivity contribution is 7.93. The first-order chi connectivity index (χ1) is 14.9. The van der Waals surface area contributed by atoms with Gasteiger partial charge in [0.2, 0.25) is 0 Å². The van der Waals surface area contributed by atoms with Crippen molar-refractivity contribution in [2.45, 2.75) is 10.1 Å². The summed E-state index contributed by atoms with van der Waals surface area (Å²) in [6.07, 6.45) is 4.20. The van der Waals surface area contributed by atoms with Gasteiger partial charge in [-0.2, -0.15) is 0 Å². The number of carbonyl (C=O) groups excluding carboxylic acids is 1. The first-order valence-corrected chi connectivity index (χ1v) is 11.4. The fourth-order valence-corrected chi connectivity index (χ4v) is 4.14. The molecule has 3 aromatic rings. The van der Waals surface area contributed by atoms with Crippen molar-refractivity contribution in [3.05, 3.63) is 106 Å². The summed E-state index contributed by atoms with van der Waals surface area (Å²) < 4.78 is 26.2. The van der Waals surface area contributed by atoms with Gasteiger partial charge in [0.15, 0.2) is 9.84 Å². The molecule has 1 unspecified atom stereocenters. The van der Waals surface area contributed by atoms with E-state index in [1.54, 1.807) is 6.08 Å². The lowest BCUT2D eigenvalue weighted by molar-refractivity contribution is 0.0518. The number of hydrogen-bond donors (Lipinski definition) is 0. The summed E-state index contributed by atoms with van der Waals surface area (Å²) in [5.74, 6) is -0.734. The van der Waals surface area contributed by atoms with Gasteiger partial charge >= 0.3 is 5.97 Å². The molecule has 0 aliphatic carbocycles. The van der Waals surface area contributed by atoms with Crippen LogP contribution in [0.3, 0.4) is 0 Å². The highest BCUT2D eigenvalue weighted by Crippen LogP contribution is 2.20. The van der Waals surface area contributed by atoms with Crippen LogP contribution in [0.15, 0.2) is 95.0 Å². The molecule has 31 heavy (non-hydrogen) atoms. The van der Waals surface area contributed by atoms with E-state index in [2.05, 4.69) is 5.16 Å². The molecule has 0 heterocycles. The van der Waals surface area contributed by atoms with Gasteiger partial charge in [0, 0.05) is 10.0 Å². The van der Waals surface area contributed by atoms with Crippen molar-refractivity contribution in [3.63, 3.8) is 0 Å². The van der Waals surface area contributed by atoms with Gasteiger partial charge in [-0.05, 0) is 54.1 Å². The van der Waals surface area contributed by atoms with Crippen LogP contribution >= 0.6 is 23.2 Å². The zero-order valence-corrected chi connectivity index (χ0v) is 18.4. The van der Waals surface area contributed by atoms with Crippen molar-refractivity contribution >= 4 is 51.3 Å². The summed E-state index contributed by atoms with van der Waals surface area (Å²) in [5, 5.41) is 3.34. The Morgan fingerprint density at radius 3 is 2.06 bits per heavy atom. The van der Waals surface area contributed by atoms with Crippen LogP contribution in [-0.2, 0) is 14.7 Å². The number of benzene rings is 3. The van der Waals surface area contributed by atoms with Crippen LogP contribution in [0, 0.1) is 0 Å². The Balaban J connectivity index is 1.85. The minimum atomic E-state index is -3.86. The topological polar surface area (TPSA) is 72.8 Å². The normalized spacial score (nSPS) is 12.8. The van der Waals surface area contributed by atoms with Crippen LogP contribution in [0.2, 0.25) is 10.0 Å². The third-order valence-corrected chi connectivity index (χ3v) is 6.63. The number of nitrogens with zero attached hydrogens (tertiary/aromatic N) is 1. The molecule has 0 aliphatic heterocycles. The molecule has 0 radical (unpaired) electrons. The Kier molecular flexibility index (Phi) is 7.63. The lowest BCUT2D eigenvalue weighted by Crippen LogP contribution is -2.21. The van der Waals surface area contributed by atoms with Gasteiger partial charge < -0.3 is 4.84 Å². The molecule has 158 valence electrons. The lowest BCUT2D eigenvalue weighted by atomic mass is 10.2. The molecule has 0 spiro atoms. The Morgan fingerprint density at radius 2 is 1.45 bits per heavy atom. The molecule has 0 saturated carbocycles. The number of oxime groups is 1. The minimum Gasteiger partial charge on any atom is -0.313 e. The molecule has 0 N–H and O–H groups in total. The molecular weight excluding hydrogens is 457 g/mol. The number of carbonyl (C=O) groups is 1. The predicted molar refractivity (Wildman–Crippen MR) is 123 cm³/mol. The molecule has 0 aliphatic rings. The number of hydrogen-bond acceptors (Lipinski definition) is 5. The highest BCUT2D eigenvalue weighted by Gasteiger charge is 2.24. The smallest absolute Gasteiger partial charge is 0.313 e. The van der Waals surface area contributed by atoms with Gasteiger partial charge in [-0.1, -0.05) is 70.8 Å². The van der Waals surface area contributed by atoms with E-state index in [0.29, 0.717) is 10.0 Å². The molecular formula is C23H17Cl2NO4S. The molecule has 8 heteroatoms. The summed E-state index contributed by atoms with van der Waals surface area (Å²) in [7, 11) is -3.86. The van der Waals surface area contributed by atoms with Crippen molar-refractivity contribution in [3.8, 4) is 0 Å². The molecule has 1 atom stereocenters. The standard InChI is InChI=1S/C23H17Cl2NO4S/c24-19-9-7-18(8-10-19)23(27)30-26-16-22(13-6-17-4-2-1-3-5-17)31(28,29)21-14-11-20(25)12-15-21/h1-16,22H/b13-6+,26-16+. The fourth-order valence-electron chi connectivity index (χ4n) is 2.56. The Labute approximate surface area is 190 Å². The molecule has 0 aromatic heterocycles. The SMILES string of the molecule is O=C(O/N=C/C(/C=C/c1ccccc1)S(=O)(=O)c1ccc(Cl)cc1)c1ccc(Cl)cc1. The van der Waals surface area contributed by atoms with Crippen molar-refractivity contribution in [2.75, 3.05) is 0 Å². The van der Waals surface area contributed by atoms with E-state index in [0.717, 1.165) is 11.8 Å². The molecule has 0 saturated heterocycles. The van der Waals surface area contributed by atoms with E-state index in [4.69, 9.17) is 28.0 Å². The first kappa shape index (κ1) is 22.7. The van der Waals surface area contributed by atoms with Gasteiger partial charge in [0.05, 0.1) is 16.7 Å². The van der Waals surface area contributed by atoms with Gasteiger partial charge in [-0.3, -0.25) is 0 Å². The second-order valence-corrected chi connectivity index (χ2v) is 9.35. The van der Waals surface area contributed by atoms with E-state index >= 15 is 0 Å². The maximum absolute atomic E-state index is 13.1. The Bertz CT molecular complexity index is 1190. The number of sulfone groups is 1. The summed E-state index contributed by atoms with van der Waals surface area (Å²) in [6.45, 7) is 0. The fraction of sp³-hybridized carbons (Fsp3) is 0.0435. The third kappa shape index (κ3) is 6.28. The Morgan fingerprint density at radius 1 is 0.871 bits per heavy atom. The summed E-state index contributed by atoms with van der Waals surface area (Å²) in [6, 6.07) is 21.1. The average Bonchev–Trinajstić information content (AvgIpc) is 2.77. The summed E-state index contributed by atoms with van der Waals surface area (Å²) in [5.41, 5.74) is 1.05. The minimum absolute atomic E-state index is 0.0649. The van der Waals surface area contributed by atoms with Crippen molar-refractivity contribution in [2.24, 2.45) is 5.16 Å². The van der Waals surface area contributed by atoms with Crippen molar-refractivity contribution in [1.82, 2.24) is 0 Å². The van der Waals surface area contributed by atoms with Crippen molar-refractivity contribution in [1.29, 1.82) is 0 Å². The second-order valence-electron chi connectivity index (χ2n) is 6.37. The van der Waals surface area contributed by atoms with Crippen LogP contribution in [0.5, 0.6) is 0 Å². The highest BCUT2D eigenvalue weighted by atomic mass is 35.5. The van der Waals surface area contributed by atoms with Crippen LogP contribution in [0.1, 0.15) is 15.9 Å². The van der Waals surface area contributed by atoms with Crippen molar-refractivity contribution < 1.29 is 18.0 Å². The van der Waals surface area contributed by atoms with Gasteiger partial charge in [-0.25, -0.2) is 13.2 Å². The largest absolute Gasteiger partial charge is 0.365 e. The Hall–Kier alpha value is -2.93. The van der Waals surface area contributed by atoms with Gasteiger partial charge in [0.1, 0.15) is 5.25 Å². The molecule has 0 bridgehead atoms. The molecule has 3 aromatic carbocycles. The quantitative estimate of drug-likeness (QED) is 0.251. The van der Waals surface area contributed by atoms with Gasteiger partial charge in [-0.15, -0.1) is 0 Å². The summed E-state index contributed by atoms with van der Waals surface area (Å²) >= 11 is 11.7. The number of halogens is 2. The maximum Gasteiger partial charge on any atom is 0.365 e. The van der Waals surface area contributed by atoms with Gasteiger partial charge in [0.25, 0.3) is 0 Å². The van der Waals surface area contributed by atoms with Crippen LogP contribution < -0.4 is 0 Å². The predicted octanol–water partition coefficient (Wildman–Crippen LogP) is 5.69. The number of rotatable bonds is 7.